The number of nitrogens with zero attached hydrogens (tertiary/aromatic N) is 1. The summed E-state index contributed by atoms with van der Waals surface area (Å²) < 4.78 is 2.55. The minimum atomic E-state index is 0.244. The summed E-state index contributed by atoms with van der Waals surface area (Å²) in [7, 11) is 0. The highest BCUT2D eigenvalue weighted by atomic mass is 32.1. The third-order valence-electron chi connectivity index (χ3n) is 5.56. The van der Waals surface area contributed by atoms with Crippen LogP contribution in [0, 0.1) is 0 Å². The number of aromatic amines is 1. The molecule has 2 N–H and O–H groups in total. The lowest BCUT2D eigenvalue weighted by Crippen LogP contribution is -1.83. The van der Waals surface area contributed by atoms with Crippen LogP contribution in [0.25, 0.3) is 54.1 Å². The van der Waals surface area contributed by atoms with E-state index in [1.54, 1.807) is 12.1 Å². The van der Waals surface area contributed by atoms with Gasteiger partial charge in [0.05, 0.1) is 11.4 Å². The van der Waals surface area contributed by atoms with Crippen molar-refractivity contribution in [2.24, 2.45) is 0 Å². The number of hydrogen-bond acceptors (Lipinski definition) is 3. The molecule has 0 saturated carbocycles. The summed E-state index contributed by atoms with van der Waals surface area (Å²) in [5.41, 5.74) is 5.02. The molecular formula is C27H18N2OS. The summed E-state index contributed by atoms with van der Waals surface area (Å²) >= 11 is 1.81. The second kappa shape index (κ2) is 7.11. The van der Waals surface area contributed by atoms with E-state index in [0.717, 1.165) is 33.9 Å². The van der Waals surface area contributed by atoms with Gasteiger partial charge in [0.1, 0.15) is 11.6 Å². The van der Waals surface area contributed by atoms with Crippen molar-refractivity contribution in [3.8, 4) is 39.7 Å². The molecule has 4 aromatic carbocycles. The molecular weight excluding hydrogens is 400 g/mol. The highest BCUT2D eigenvalue weighted by Gasteiger charge is 2.16. The molecule has 3 nitrogen and oxygen atoms in total. The van der Waals surface area contributed by atoms with E-state index in [9.17, 15) is 5.11 Å². The summed E-state index contributed by atoms with van der Waals surface area (Å²) in [5.74, 6) is 1.03. The van der Waals surface area contributed by atoms with Crippen LogP contribution in [0.5, 0.6) is 5.75 Å². The molecule has 2 aromatic heterocycles. The molecule has 0 aliphatic rings. The molecule has 4 heteroatoms. The number of fused-ring (bicyclic) bond motifs is 3. The van der Waals surface area contributed by atoms with E-state index < -0.39 is 0 Å². The SMILES string of the molecule is Oc1ccc(-c2nc(-c3ccc4c(c3)sc3ccccc34)c(-c3ccccc3)[nH]2)cc1. The number of hydrogen-bond donors (Lipinski definition) is 2. The number of aromatic nitrogens is 2. The molecule has 0 atom stereocenters. The normalized spacial score (nSPS) is 11.4. The Balaban J connectivity index is 1.56. The van der Waals surface area contributed by atoms with Gasteiger partial charge in [0, 0.05) is 36.9 Å². The topological polar surface area (TPSA) is 48.9 Å². The highest BCUT2D eigenvalue weighted by molar-refractivity contribution is 7.25. The van der Waals surface area contributed by atoms with Gasteiger partial charge in [0.2, 0.25) is 0 Å². The maximum absolute atomic E-state index is 9.65. The van der Waals surface area contributed by atoms with Gasteiger partial charge >= 0.3 is 0 Å². The van der Waals surface area contributed by atoms with E-state index in [4.69, 9.17) is 4.98 Å². The Morgan fingerprint density at radius 3 is 2.19 bits per heavy atom. The van der Waals surface area contributed by atoms with Gasteiger partial charge in [0.15, 0.2) is 0 Å². The van der Waals surface area contributed by atoms with Gasteiger partial charge in [-0.05, 0) is 36.4 Å². The Labute approximate surface area is 183 Å². The zero-order valence-electron chi connectivity index (χ0n) is 16.5. The summed E-state index contributed by atoms with van der Waals surface area (Å²) in [6.07, 6.45) is 0. The standard InChI is InChI=1S/C27H18N2OS/c30-20-13-10-18(11-14-20)27-28-25(17-6-2-1-3-7-17)26(29-27)19-12-15-22-21-8-4-5-9-23(21)31-24(22)16-19/h1-16,30H,(H,28,29). The Hall–Kier alpha value is -3.89. The molecule has 0 saturated heterocycles. The van der Waals surface area contributed by atoms with Crippen LogP contribution in [0.15, 0.2) is 97.1 Å². The van der Waals surface area contributed by atoms with Crippen LogP contribution in [0.1, 0.15) is 0 Å². The highest BCUT2D eigenvalue weighted by Crippen LogP contribution is 2.39. The molecule has 0 radical (unpaired) electrons. The Morgan fingerprint density at radius 2 is 1.35 bits per heavy atom. The zero-order valence-corrected chi connectivity index (χ0v) is 17.4. The van der Waals surface area contributed by atoms with Crippen LogP contribution >= 0.6 is 11.3 Å². The van der Waals surface area contributed by atoms with Crippen molar-refractivity contribution in [1.29, 1.82) is 0 Å². The number of nitrogens with one attached hydrogen (secondary N) is 1. The number of phenols is 1. The zero-order chi connectivity index (χ0) is 20.8. The van der Waals surface area contributed by atoms with Crippen molar-refractivity contribution in [2.45, 2.75) is 0 Å². The molecule has 31 heavy (non-hydrogen) atoms. The van der Waals surface area contributed by atoms with E-state index in [1.165, 1.54) is 20.2 Å². The largest absolute Gasteiger partial charge is 0.508 e. The van der Waals surface area contributed by atoms with Gasteiger partial charge in [-0.3, -0.25) is 0 Å². The van der Waals surface area contributed by atoms with Crippen molar-refractivity contribution in [2.75, 3.05) is 0 Å². The summed E-state index contributed by atoms with van der Waals surface area (Å²) in [6.45, 7) is 0. The van der Waals surface area contributed by atoms with Crippen LogP contribution in [0.4, 0.5) is 0 Å². The molecule has 0 bridgehead atoms. The van der Waals surface area contributed by atoms with Gasteiger partial charge in [0.25, 0.3) is 0 Å². The molecule has 6 aromatic rings. The first-order valence-electron chi connectivity index (χ1n) is 10.1. The minimum absolute atomic E-state index is 0.244. The van der Waals surface area contributed by atoms with Gasteiger partial charge in [-0.2, -0.15) is 0 Å². The average molecular weight is 419 g/mol. The van der Waals surface area contributed by atoms with Crippen LogP contribution in [-0.4, -0.2) is 15.1 Å². The second-order valence-electron chi connectivity index (χ2n) is 7.53. The van der Waals surface area contributed by atoms with Crippen molar-refractivity contribution in [3.63, 3.8) is 0 Å². The number of H-pyrrole nitrogens is 1. The molecule has 148 valence electrons. The monoisotopic (exact) mass is 418 g/mol. The summed E-state index contributed by atoms with van der Waals surface area (Å²) in [5, 5.41) is 12.2. The first kappa shape index (κ1) is 17.9. The first-order chi connectivity index (χ1) is 15.3. The predicted octanol–water partition coefficient (Wildman–Crippen LogP) is 7.48. The minimum Gasteiger partial charge on any atom is -0.508 e. The second-order valence-corrected chi connectivity index (χ2v) is 8.61. The quantitative estimate of drug-likeness (QED) is 0.313. The Morgan fingerprint density at radius 1 is 0.645 bits per heavy atom. The van der Waals surface area contributed by atoms with Crippen molar-refractivity contribution in [1.82, 2.24) is 9.97 Å². The van der Waals surface area contributed by atoms with E-state index in [2.05, 4.69) is 59.6 Å². The maximum atomic E-state index is 9.65. The fourth-order valence-electron chi connectivity index (χ4n) is 4.03. The fraction of sp³-hybridized carbons (Fsp3) is 0. The molecule has 0 fully saturated rings. The number of benzene rings is 4. The van der Waals surface area contributed by atoms with Crippen LogP contribution in [0.2, 0.25) is 0 Å². The third-order valence-corrected chi connectivity index (χ3v) is 6.69. The predicted molar refractivity (Wildman–Crippen MR) is 129 cm³/mol. The van der Waals surface area contributed by atoms with E-state index >= 15 is 0 Å². The van der Waals surface area contributed by atoms with Crippen LogP contribution < -0.4 is 0 Å². The third kappa shape index (κ3) is 3.09. The molecule has 2 heterocycles. The van der Waals surface area contributed by atoms with E-state index in [-0.39, 0.29) is 5.75 Å². The molecule has 0 aliphatic heterocycles. The lowest BCUT2D eigenvalue weighted by molar-refractivity contribution is 0.475. The van der Waals surface area contributed by atoms with Crippen LogP contribution in [-0.2, 0) is 0 Å². The summed E-state index contributed by atoms with van der Waals surface area (Å²) in [6, 6.07) is 32.5. The van der Waals surface area contributed by atoms with Crippen LogP contribution in [0.3, 0.4) is 0 Å². The summed E-state index contributed by atoms with van der Waals surface area (Å²) in [4.78, 5) is 8.50. The van der Waals surface area contributed by atoms with Gasteiger partial charge in [-0.25, -0.2) is 4.98 Å². The molecule has 0 spiro atoms. The number of imidazole rings is 1. The van der Waals surface area contributed by atoms with E-state index in [0.29, 0.717) is 0 Å². The number of thiophene rings is 1. The average Bonchev–Trinajstić information content (AvgIpc) is 3.42. The van der Waals surface area contributed by atoms with Gasteiger partial charge < -0.3 is 10.1 Å². The molecule has 6 rings (SSSR count). The fourth-order valence-corrected chi connectivity index (χ4v) is 5.17. The Bertz CT molecular complexity index is 1530. The number of rotatable bonds is 3. The first-order valence-corrected chi connectivity index (χ1v) is 10.9. The van der Waals surface area contributed by atoms with Gasteiger partial charge in [-0.15, -0.1) is 11.3 Å². The smallest absolute Gasteiger partial charge is 0.138 e. The lowest BCUT2D eigenvalue weighted by atomic mass is 10.0. The number of aromatic hydroxyl groups is 1. The van der Waals surface area contributed by atoms with E-state index in [1.807, 2.05) is 41.7 Å². The van der Waals surface area contributed by atoms with Crippen molar-refractivity contribution >= 4 is 31.5 Å². The Kier molecular flexibility index (Phi) is 4.11. The lowest BCUT2D eigenvalue weighted by Gasteiger charge is -2.03. The van der Waals surface area contributed by atoms with Gasteiger partial charge in [-0.1, -0.05) is 60.7 Å². The number of phenolic OH excluding ortho intramolecular Hbond substituents is 1. The van der Waals surface area contributed by atoms with Crippen molar-refractivity contribution in [3.05, 3.63) is 97.1 Å². The maximum Gasteiger partial charge on any atom is 0.138 e. The molecule has 0 unspecified atom stereocenters. The van der Waals surface area contributed by atoms with Crippen molar-refractivity contribution < 1.29 is 5.11 Å². The molecule has 0 amide bonds. The molecule has 0 aliphatic carbocycles.